The molecule has 0 radical (unpaired) electrons. The van der Waals surface area contributed by atoms with Gasteiger partial charge in [0.1, 0.15) is 0 Å². The van der Waals surface area contributed by atoms with Crippen molar-refractivity contribution in [2.75, 3.05) is 7.11 Å². The van der Waals surface area contributed by atoms with Gasteiger partial charge in [-0.25, -0.2) is 4.79 Å². The van der Waals surface area contributed by atoms with Crippen molar-refractivity contribution in [2.24, 2.45) is 0 Å². The first-order valence-corrected chi connectivity index (χ1v) is 6.93. The van der Waals surface area contributed by atoms with Gasteiger partial charge in [-0.15, -0.1) is 0 Å². The Morgan fingerprint density at radius 2 is 2.05 bits per heavy atom. The highest BCUT2D eigenvalue weighted by molar-refractivity contribution is 6.38. The summed E-state index contributed by atoms with van der Waals surface area (Å²) < 4.78 is 4.55. The van der Waals surface area contributed by atoms with Crippen molar-refractivity contribution >= 4 is 34.4 Å². The van der Waals surface area contributed by atoms with Gasteiger partial charge < -0.3 is 15.2 Å². The summed E-state index contributed by atoms with van der Waals surface area (Å²) in [5, 5.41) is 12.8. The van der Waals surface area contributed by atoms with Gasteiger partial charge in [-0.3, -0.25) is 9.78 Å². The molecule has 7 heteroatoms. The molecule has 2 rings (SSSR count). The first kappa shape index (κ1) is 16.2. The smallest absolute Gasteiger partial charge is 0.331 e. The maximum Gasteiger partial charge on any atom is 0.331 e. The standard InChI is InChI=1S/C15H15ClN2O4/c1-8(19)13(15(21)22-2)18-14(20)10-7-17-11-6-4-3-5-9(11)12(10)16/h3-8,13,19H,1-2H3,(H,18,20)/t8-,13-/m0/s1. The molecule has 1 heterocycles. The van der Waals surface area contributed by atoms with Crippen LogP contribution in [0, 0.1) is 0 Å². The monoisotopic (exact) mass is 322 g/mol. The van der Waals surface area contributed by atoms with Crippen LogP contribution in [0.25, 0.3) is 10.9 Å². The number of aromatic nitrogens is 1. The van der Waals surface area contributed by atoms with Crippen LogP contribution in [0.2, 0.25) is 5.02 Å². The number of fused-ring (bicyclic) bond motifs is 1. The maximum absolute atomic E-state index is 12.3. The third-order valence-corrected chi connectivity index (χ3v) is 3.59. The normalized spacial score (nSPS) is 13.5. The predicted molar refractivity (Wildman–Crippen MR) is 81.7 cm³/mol. The number of para-hydroxylation sites is 1. The fourth-order valence-electron chi connectivity index (χ4n) is 1.99. The minimum Gasteiger partial charge on any atom is -0.467 e. The van der Waals surface area contributed by atoms with Crippen molar-refractivity contribution < 1.29 is 19.4 Å². The maximum atomic E-state index is 12.3. The number of aliphatic hydroxyl groups is 1. The van der Waals surface area contributed by atoms with Gasteiger partial charge in [-0.05, 0) is 13.0 Å². The van der Waals surface area contributed by atoms with Crippen molar-refractivity contribution in [3.63, 3.8) is 0 Å². The van der Waals surface area contributed by atoms with Gasteiger partial charge in [0, 0.05) is 11.6 Å². The first-order valence-electron chi connectivity index (χ1n) is 6.55. The molecule has 0 saturated carbocycles. The Labute approximate surface area is 132 Å². The van der Waals surface area contributed by atoms with Gasteiger partial charge in [0.15, 0.2) is 6.04 Å². The molecule has 0 unspecified atom stereocenters. The van der Waals surface area contributed by atoms with Crippen LogP contribution >= 0.6 is 11.6 Å². The van der Waals surface area contributed by atoms with Crippen LogP contribution in [-0.4, -0.2) is 41.2 Å². The molecule has 0 bridgehead atoms. The van der Waals surface area contributed by atoms with E-state index in [2.05, 4.69) is 15.0 Å². The van der Waals surface area contributed by atoms with Crippen molar-refractivity contribution in [3.05, 3.63) is 41.0 Å². The summed E-state index contributed by atoms with van der Waals surface area (Å²) in [5.74, 6) is -1.35. The summed E-state index contributed by atoms with van der Waals surface area (Å²) in [6, 6.07) is 5.93. The van der Waals surface area contributed by atoms with E-state index in [1.165, 1.54) is 20.2 Å². The summed E-state index contributed by atoms with van der Waals surface area (Å²) in [5.41, 5.74) is 0.777. The topological polar surface area (TPSA) is 88.5 Å². The molecule has 0 aliphatic carbocycles. The highest BCUT2D eigenvalue weighted by Crippen LogP contribution is 2.25. The predicted octanol–water partition coefficient (Wildman–Crippen LogP) is 1.54. The first-order chi connectivity index (χ1) is 10.5. The molecule has 6 nitrogen and oxygen atoms in total. The number of aliphatic hydroxyl groups excluding tert-OH is 1. The molecule has 1 aromatic carbocycles. The minimum atomic E-state index is -1.18. The summed E-state index contributed by atoms with van der Waals surface area (Å²) in [7, 11) is 1.18. The molecule has 22 heavy (non-hydrogen) atoms. The van der Waals surface area contributed by atoms with Gasteiger partial charge in [0.05, 0.1) is 29.3 Å². The number of hydrogen-bond acceptors (Lipinski definition) is 5. The lowest BCUT2D eigenvalue weighted by Crippen LogP contribution is -2.48. The second-order valence-corrected chi connectivity index (χ2v) is 5.10. The highest BCUT2D eigenvalue weighted by Gasteiger charge is 2.27. The Morgan fingerprint density at radius 1 is 1.36 bits per heavy atom. The largest absolute Gasteiger partial charge is 0.467 e. The molecule has 1 amide bonds. The van der Waals surface area contributed by atoms with E-state index in [0.29, 0.717) is 10.9 Å². The number of hydrogen-bond donors (Lipinski definition) is 2. The number of ether oxygens (including phenoxy) is 1. The van der Waals surface area contributed by atoms with Crippen LogP contribution in [0.15, 0.2) is 30.5 Å². The molecule has 0 spiro atoms. The SMILES string of the molecule is COC(=O)[C@@H](NC(=O)c1cnc2ccccc2c1Cl)[C@H](C)O. The number of nitrogens with zero attached hydrogens (tertiary/aromatic N) is 1. The number of benzene rings is 1. The van der Waals surface area contributed by atoms with Gasteiger partial charge >= 0.3 is 5.97 Å². The van der Waals surface area contributed by atoms with E-state index in [0.717, 1.165) is 0 Å². The Hall–Kier alpha value is -2.18. The molecule has 2 N–H and O–H groups in total. The molecule has 0 aliphatic rings. The van der Waals surface area contributed by atoms with Crippen LogP contribution in [0.3, 0.4) is 0 Å². The van der Waals surface area contributed by atoms with E-state index in [1.54, 1.807) is 18.2 Å². The van der Waals surface area contributed by atoms with E-state index in [9.17, 15) is 14.7 Å². The number of rotatable bonds is 4. The number of nitrogens with one attached hydrogen (secondary N) is 1. The van der Waals surface area contributed by atoms with Crippen LogP contribution < -0.4 is 5.32 Å². The molecule has 0 fully saturated rings. The van der Waals surface area contributed by atoms with Crippen molar-refractivity contribution in [1.82, 2.24) is 10.3 Å². The van der Waals surface area contributed by atoms with E-state index < -0.39 is 24.0 Å². The zero-order valence-corrected chi connectivity index (χ0v) is 12.8. The molecular weight excluding hydrogens is 308 g/mol. The van der Waals surface area contributed by atoms with Crippen molar-refractivity contribution in [3.8, 4) is 0 Å². The Balaban J connectivity index is 2.33. The Bertz CT molecular complexity index is 718. The molecule has 1 aromatic heterocycles. The second kappa shape index (κ2) is 6.72. The van der Waals surface area contributed by atoms with E-state index in [1.807, 2.05) is 6.07 Å². The van der Waals surface area contributed by atoms with Gasteiger partial charge in [-0.1, -0.05) is 29.8 Å². The number of carbonyl (C=O) groups is 2. The average Bonchev–Trinajstić information content (AvgIpc) is 2.52. The lowest BCUT2D eigenvalue weighted by molar-refractivity contribution is -0.145. The molecule has 116 valence electrons. The number of amides is 1. The summed E-state index contributed by atoms with van der Waals surface area (Å²) in [6.45, 7) is 1.38. The fraction of sp³-hybridized carbons (Fsp3) is 0.267. The molecular formula is C15H15ClN2O4. The number of halogens is 1. The minimum absolute atomic E-state index is 0.120. The molecule has 0 aliphatic heterocycles. The van der Waals surface area contributed by atoms with Crippen molar-refractivity contribution in [1.29, 1.82) is 0 Å². The Morgan fingerprint density at radius 3 is 2.68 bits per heavy atom. The van der Waals surface area contributed by atoms with Crippen molar-refractivity contribution in [2.45, 2.75) is 19.1 Å². The zero-order valence-electron chi connectivity index (χ0n) is 12.0. The third kappa shape index (κ3) is 3.18. The summed E-state index contributed by atoms with van der Waals surface area (Å²) in [6.07, 6.45) is 0.222. The second-order valence-electron chi connectivity index (χ2n) is 4.72. The lowest BCUT2D eigenvalue weighted by atomic mass is 10.1. The Kier molecular flexibility index (Phi) is 4.95. The number of esters is 1. The lowest BCUT2D eigenvalue weighted by Gasteiger charge is -2.19. The van der Waals surface area contributed by atoms with Gasteiger partial charge in [0.25, 0.3) is 5.91 Å². The van der Waals surface area contributed by atoms with E-state index in [-0.39, 0.29) is 10.6 Å². The fourth-order valence-corrected chi connectivity index (χ4v) is 2.28. The van der Waals surface area contributed by atoms with E-state index in [4.69, 9.17) is 11.6 Å². The molecule has 2 atom stereocenters. The van der Waals surface area contributed by atoms with Gasteiger partial charge in [-0.2, -0.15) is 0 Å². The van der Waals surface area contributed by atoms with Crippen LogP contribution in [0.4, 0.5) is 0 Å². The number of pyridine rings is 1. The van der Waals surface area contributed by atoms with Crippen LogP contribution in [0.1, 0.15) is 17.3 Å². The quantitative estimate of drug-likeness (QED) is 0.834. The summed E-state index contributed by atoms with van der Waals surface area (Å²) >= 11 is 6.23. The average molecular weight is 323 g/mol. The zero-order chi connectivity index (χ0) is 16.3. The number of methoxy groups -OCH3 is 1. The highest BCUT2D eigenvalue weighted by atomic mass is 35.5. The third-order valence-electron chi connectivity index (χ3n) is 3.18. The molecule has 0 saturated heterocycles. The van der Waals surface area contributed by atoms with Crippen LogP contribution in [-0.2, 0) is 9.53 Å². The van der Waals surface area contributed by atoms with Crippen LogP contribution in [0.5, 0.6) is 0 Å². The van der Waals surface area contributed by atoms with Gasteiger partial charge in [0.2, 0.25) is 0 Å². The van der Waals surface area contributed by atoms with E-state index >= 15 is 0 Å². The molecule has 2 aromatic rings. The summed E-state index contributed by atoms with van der Waals surface area (Å²) in [4.78, 5) is 28.0. The number of carbonyl (C=O) groups excluding carboxylic acids is 2.